The van der Waals surface area contributed by atoms with E-state index in [1.807, 2.05) is 0 Å². The van der Waals surface area contributed by atoms with E-state index in [0.29, 0.717) is 33.4 Å². The van der Waals surface area contributed by atoms with E-state index in [2.05, 4.69) is 9.97 Å². The SMILES string of the molecule is COc1cc(C(=O)O)ccc1O.Nc1ccc(C(=O)O)cc1N.O=C(O)c1ccc2nc3cc(O)c(O)cc3nc2c1. The molecule has 14 nitrogen and oxygen atoms in total. The Kier molecular flexibility index (Phi) is 9.14. The van der Waals surface area contributed by atoms with Gasteiger partial charge in [0.15, 0.2) is 23.0 Å². The average molecular weight is 577 g/mol. The maximum Gasteiger partial charge on any atom is 0.335 e. The lowest BCUT2D eigenvalue weighted by atomic mass is 10.2. The molecule has 10 N–H and O–H groups in total. The van der Waals surface area contributed by atoms with E-state index in [1.165, 1.54) is 67.8 Å². The Hall–Kier alpha value is -6.31. The number of phenols is 3. The smallest absolute Gasteiger partial charge is 0.335 e. The largest absolute Gasteiger partial charge is 0.504 e. The molecule has 0 bridgehead atoms. The summed E-state index contributed by atoms with van der Waals surface area (Å²) >= 11 is 0. The molecule has 0 aliphatic rings. The third kappa shape index (κ3) is 7.20. The van der Waals surface area contributed by atoms with Gasteiger partial charge in [-0.05, 0) is 54.6 Å². The molecule has 0 aliphatic heterocycles. The highest BCUT2D eigenvalue weighted by Gasteiger charge is 2.10. The van der Waals surface area contributed by atoms with Crippen molar-refractivity contribution in [3.63, 3.8) is 0 Å². The zero-order valence-electron chi connectivity index (χ0n) is 21.7. The molecular weight excluding hydrogens is 552 g/mol. The normalized spacial score (nSPS) is 10.1. The number of nitrogen functional groups attached to an aromatic ring is 2. The van der Waals surface area contributed by atoms with Crippen LogP contribution in [0.3, 0.4) is 0 Å². The molecule has 0 saturated carbocycles. The second-order valence-corrected chi connectivity index (χ2v) is 8.40. The summed E-state index contributed by atoms with van der Waals surface area (Å²) in [4.78, 5) is 40.2. The van der Waals surface area contributed by atoms with Crippen molar-refractivity contribution in [2.75, 3.05) is 18.6 Å². The number of benzene rings is 4. The van der Waals surface area contributed by atoms with Crippen molar-refractivity contribution < 1.29 is 49.8 Å². The van der Waals surface area contributed by atoms with Crippen molar-refractivity contribution in [3.05, 3.63) is 83.4 Å². The maximum absolute atomic E-state index is 10.9. The van der Waals surface area contributed by atoms with Gasteiger partial charge in [-0.3, -0.25) is 0 Å². The second kappa shape index (κ2) is 12.7. The van der Waals surface area contributed by atoms with Crippen molar-refractivity contribution in [1.29, 1.82) is 0 Å². The Morgan fingerprint density at radius 3 is 1.55 bits per heavy atom. The number of fused-ring (bicyclic) bond motifs is 2. The summed E-state index contributed by atoms with van der Waals surface area (Å²) in [6.07, 6.45) is 0. The highest BCUT2D eigenvalue weighted by atomic mass is 16.5. The molecule has 5 rings (SSSR count). The number of carboxylic acid groups (broad SMARTS) is 3. The molecule has 0 spiro atoms. The number of anilines is 2. The molecule has 42 heavy (non-hydrogen) atoms. The molecule has 0 aliphatic carbocycles. The summed E-state index contributed by atoms with van der Waals surface area (Å²) < 4.78 is 4.72. The first-order valence-electron chi connectivity index (χ1n) is 11.7. The number of ether oxygens (including phenoxy) is 1. The van der Waals surface area contributed by atoms with Gasteiger partial charge < -0.3 is 46.8 Å². The number of carboxylic acids is 3. The van der Waals surface area contributed by atoms with E-state index >= 15 is 0 Å². The second-order valence-electron chi connectivity index (χ2n) is 8.40. The van der Waals surface area contributed by atoms with Gasteiger partial charge in [0.05, 0.1) is 57.2 Å². The molecule has 216 valence electrons. The number of aromatic carboxylic acids is 3. The Labute approximate surface area is 236 Å². The van der Waals surface area contributed by atoms with Gasteiger partial charge in [-0.15, -0.1) is 0 Å². The van der Waals surface area contributed by atoms with Crippen LogP contribution in [0.4, 0.5) is 11.4 Å². The molecule has 1 heterocycles. The van der Waals surface area contributed by atoms with Gasteiger partial charge in [-0.1, -0.05) is 0 Å². The average Bonchev–Trinajstić information content (AvgIpc) is 2.94. The van der Waals surface area contributed by atoms with Crippen molar-refractivity contribution in [2.45, 2.75) is 0 Å². The molecule has 1 aromatic heterocycles. The summed E-state index contributed by atoms with van der Waals surface area (Å²) in [5.41, 5.74) is 13.5. The summed E-state index contributed by atoms with van der Waals surface area (Å²) in [6.45, 7) is 0. The van der Waals surface area contributed by atoms with Gasteiger partial charge in [0.25, 0.3) is 0 Å². The molecule has 0 unspecified atom stereocenters. The zero-order valence-corrected chi connectivity index (χ0v) is 21.7. The molecule has 0 atom stereocenters. The maximum atomic E-state index is 10.9. The van der Waals surface area contributed by atoms with E-state index in [1.54, 1.807) is 6.07 Å². The van der Waals surface area contributed by atoms with E-state index in [0.717, 1.165) is 0 Å². The number of hydrogen-bond donors (Lipinski definition) is 8. The Morgan fingerprint density at radius 1 is 0.571 bits per heavy atom. The van der Waals surface area contributed by atoms with Gasteiger partial charge in [0, 0.05) is 12.1 Å². The van der Waals surface area contributed by atoms with Crippen molar-refractivity contribution in [1.82, 2.24) is 9.97 Å². The number of rotatable bonds is 4. The summed E-state index contributed by atoms with van der Waals surface area (Å²) in [6, 6.07) is 15.0. The van der Waals surface area contributed by atoms with Crippen LogP contribution in [0, 0.1) is 0 Å². The molecule has 0 saturated heterocycles. The first-order chi connectivity index (χ1) is 19.8. The predicted octanol–water partition coefficient (Wildman–Crippen LogP) is 3.54. The predicted molar refractivity (Wildman–Crippen MR) is 151 cm³/mol. The molecular formula is C28H24N4O10. The van der Waals surface area contributed by atoms with Gasteiger partial charge >= 0.3 is 17.9 Å². The Bertz CT molecular complexity index is 1820. The lowest BCUT2D eigenvalue weighted by molar-refractivity contribution is 0.0686. The van der Waals surface area contributed by atoms with Crippen molar-refractivity contribution >= 4 is 51.3 Å². The number of carbonyl (C=O) groups is 3. The fraction of sp³-hybridized carbons (Fsp3) is 0.0357. The number of nitrogens with two attached hydrogens (primary N) is 2. The van der Waals surface area contributed by atoms with Gasteiger partial charge in [-0.25, -0.2) is 24.4 Å². The van der Waals surface area contributed by atoms with Crippen molar-refractivity contribution in [2.24, 2.45) is 0 Å². The standard InChI is InChI=1S/C13H8N2O4.C8H8O4.C7H8N2O2/c16-11-4-9-10(5-12(11)17)15-8-3-6(13(18)19)1-2-7(8)14-9;1-12-7-4-5(8(10)11)2-3-6(7)9;8-5-2-1-4(7(10)11)3-6(5)9/h1-5,16-17H,(H,18,19);2-4,9H,1H3,(H,10,11);1-3H,8-9H2,(H,10,11). The fourth-order valence-electron chi connectivity index (χ4n) is 3.35. The molecule has 14 heteroatoms. The van der Waals surface area contributed by atoms with Crippen LogP contribution in [-0.4, -0.2) is 65.6 Å². The topological polar surface area (TPSA) is 260 Å². The number of nitrogens with zero attached hydrogens (tertiary/aromatic N) is 2. The van der Waals surface area contributed by atoms with Crippen LogP contribution in [0.1, 0.15) is 31.1 Å². The van der Waals surface area contributed by atoms with Crippen LogP contribution in [0.25, 0.3) is 22.1 Å². The van der Waals surface area contributed by atoms with Crippen LogP contribution in [0.15, 0.2) is 66.7 Å². The molecule has 4 aromatic carbocycles. The third-order valence-corrected chi connectivity index (χ3v) is 5.54. The molecule has 0 amide bonds. The number of aromatic hydroxyl groups is 3. The lowest BCUT2D eigenvalue weighted by Crippen LogP contribution is -2.00. The lowest BCUT2D eigenvalue weighted by Gasteiger charge is -2.04. The Balaban J connectivity index is 0.000000183. The third-order valence-electron chi connectivity index (χ3n) is 5.54. The molecule has 5 aromatic rings. The minimum absolute atomic E-state index is 0.0671. The van der Waals surface area contributed by atoms with Crippen LogP contribution in [-0.2, 0) is 0 Å². The fourth-order valence-corrected chi connectivity index (χ4v) is 3.35. The monoisotopic (exact) mass is 576 g/mol. The van der Waals surface area contributed by atoms with E-state index < -0.39 is 17.9 Å². The van der Waals surface area contributed by atoms with E-state index in [9.17, 15) is 24.6 Å². The number of aromatic nitrogens is 2. The highest BCUT2D eigenvalue weighted by Crippen LogP contribution is 2.29. The molecule has 0 radical (unpaired) electrons. The first-order valence-corrected chi connectivity index (χ1v) is 11.7. The van der Waals surface area contributed by atoms with E-state index in [-0.39, 0.29) is 39.7 Å². The number of phenolic OH excluding ortho intramolecular Hbond substituents is 3. The van der Waals surface area contributed by atoms with Gasteiger partial charge in [0.2, 0.25) is 0 Å². The van der Waals surface area contributed by atoms with E-state index in [4.69, 9.17) is 36.6 Å². The van der Waals surface area contributed by atoms with Crippen LogP contribution < -0.4 is 16.2 Å². The highest BCUT2D eigenvalue weighted by molar-refractivity contribution is 5.94. The summed E-state index contributed by atoms with van der Waals surface area (Å²) in [5, 5.41) is 53.9. The van der Waals surface area contributed by atoms with Crippen LogP contribution >= 0.6 is 0 Å². The van der Waals surface area contributed by atoms with Crippen LogP contribution in [0.2, 0.25) is 0 Å². The minimum Gasteiger partial charge on any atom is -0.504 e. The van der Waals surface area contributed by atoms with Gasteiger partial charge in [-0.2, -0.15) is 0 Å². The minimum atomic E-state index is -1.05. The van der Waals surface area contributed by atoms with Crippen molar-refractivity contribution in [3.8, 4) is 23.0 Å². The quantitative estimate of drug-likeness (QED) is 0.0864. The van der Waals surface area contributed by atoms with Gasteiger partial charge in [0.1, 0.15) is 0 Å². The summed E-state index contributed by atoms with van der Waals surface area (Å²) in [7, 11) is 1.36. The van der Waals surface area contributed by atoms with Crippen LogP contribution in [0.5, 0.6) is 23.0 Å². The Morgan fingerprint density at radius 2 is 1.02 bits per heavy atom. The summed E-state index contributed by atoms with van der Waals surface area (Å²) in [5.74, 6) is -3.57. The zero-order chi connectivity index (χ0) is 31.1. The first kappa shape index (κ1) is 30.2. The number of methoxy groups -OCH3 is 1. The molecule has 0 fully saturated rings. The number of hydrogen-bond acceptors (Lipinski definition) is 11.